The number of ether oxygens (including phenoxy) is 1. The third-order valence-electron chi connectivity index (χ3n) is 8.31. The van der Waals surface area contributed by atoms with Gasteiger partial charge in [-0.3, -0.25) is 20.3 Å². The smallest absolute Gasteiger partial charge is 0.308 e. The zero-order valence-electron chi connectivity index (χ0n) is 19.5. The van der Waals surface area contributed by atoms with Gasteiger partial charge in [0.2, 0.25) is 0 Å². The third-order valence-corrected chi connectivity index (χ3v) is 8.31. The molecule has 6 nitrogen and oxygen atoms in total. The van der Waals surface area contributed by atoms with E-state index in [2.05, 4.69) is 41.5 Å². The van der Waals surface area contributed by atoms with E-state index in [0.717, 1.165) is 37.7 Å². The molecule has 2 heterocycles. The van der Waals surface area contributed by atoms with E-state index < -0.39 is 0 Å². The Morgan fingerprint density at radius 3 is 2.32 bits per heavy atom. The van der Waals surface area contributed by atoms with E-state index in [-0.39, 0.29) is 18.1 Å². The van der Waals surface area contributed by atoms with Gasteiger partial charge in [0, 0.05) is 30.2 Å². The largest absolute Gasteiger partial charge is 0.466 e. The summed E-state index contributed by atoms with van der Waals surface area (Å²) < 4.78 is 5.24. The van der Waals surface area contributed by atoms with E-state index in [1.807, 2.05) is 6.92 Å². The van der Waals surface area contributed by atoms with Crippen LogP contribution in [0.3, 0.4) is 0 Å². The van der Waals surface area contributed by atoms with Crippen molar-refractivity contribution in [3.05, 3.63) is 11.6 Å². The number of fused-ring (bicyclic) bond motifs is 1. The molecule has 31 heavy (non-hydrogen) atoms. The Morgan fingerprint density at radius 2 is 1.74 bits per heavy atom. The number of carbonyl (C=O) groups is 1. The predicted octanol–water partition coefficient (Wildman–Crippen LogP) is 3.49. The highest BCUT2D eigenvalue weighted by molar-refractivity contribution is 5.72. The van der Waals surface area contributed by atoms with Crippen LogP contribution < -0.4 is 10.6 Å². The summed E-state index contributed by atoms with van der Waals surface area (Å²) in [5, 5.41) is 17.3. The van der Waals surface area contributed by atoms with Crippen molar-refractivity contribution in [2.45, 2.75) is 115 Å². The van der Waals surface area contributed by atoms with Crippen LogP contribution in [-0.2, 0) is 9.53 Å². The van der Waals surface area contributed by atoms with Crippen LogP contribution in [0.15, 0.2) is 11.6 Å². The predicted molar refractivity (Wildman–Crippen MR) is 121 cm³/mol. The summed E-state index contributed by atoms with van der Waals surface area (Å²) in [6.07, 6.45) is 12.4. The molecule has 0 aromatic rings. The monoisotopic (exact) mass is 428 g/mol. The van der Waals surface area contributed by atoms with E-state index >= 15 is 0 Å². The topological polar surface area (TPSA) is 77.4 Å². The number of esters is 1. The highest BCUT2D eigenvalue weighted by Gasteiger charge is 2.42. The van der Waals surface area contributed by atoms with Gasteiger partial charge in [0.05, 0.1) is 30.3 Å². The Morgan fingerprint density at radius 1 is 1.10 bits per heavy atom. The minimum absolute atomic E-state index is 0.00896. The molecule has 2 N–H and O–H groups in total. The van der Waals surface area contributed by atoms with E-state index in [1.165, 1.54) is 25.7 Å². The lowest BCUT2D eigenvalue weighted by Crippen LogP contribution is -2.45. The summed E-state index contributed by atoms with van der Waals surface area (Å²) in [6.45, 7) is 7.01. The van der Waals surface area contributed by atoms with Crippen molar-refractivity contribution < 1.29 is 9.53 Å². The maximum atomic E-state index is 12.1. The van der Waals surface area contributed by atoms with E-state index in [9.17, 15) is 10.1 Å². The molecule has 0 amide bonds. The number of nitrogens with zero attached hydrogens (tertiary/aromatic N) is 2. The molecule has 2 saturated heterocycles. The highest BCUT2D eigenvalue weighted by Crippen LogP contribution is 2.39. The molecule has 4 rings (SSSR count). The van der Waals surface area contributed by atoms with Crippen LogP contribution in [-0.4, -0.2) is 53.9 Å². The minimum Gasteiger partial charge on any atom is -0.466 e. The van der Waals surface area contributed by atoms with Gasteiger partial charge in [-0.1, -0.05) is 18.9 Å². The number of nitriles is 1. The van der Waals surface area contributed by atoms with Gasteiger partial charge in [-0.2, -0.15) is 5.26 Å². The zero-order valence-corrected chi connectivity index (χ0v) is 19.5. The molecule has 0 bridgehead atoms. The van der Waals surface area contributed by atoms with Gasteiger partial charge < -0.3 is 4.74 Å². The van der Waals surface area contributed by atoms with Gasteiger partial charge >= 0.3 is 5.97 Å². The SMILES string of the molecule is CCOC(=O)C1CCC(N2C(C)CC(/C=C(\C#N)C3NC4CCCCC4N3)C2C)CC1. The fraction of sp³-hybridized carbons (Fsp3) is 0.840. The molecule has 2 aliphatic carbocycles. The van der Waals surface area contributed by atoms with Crippen molar-refractivity contribution in [3.8, 4) is 6.07 Å². The summed E-state index contributed by atoms with van der Waals surface area (Å²) in [5.41, 5.74) is 0.867. The van der Waals surface area contributed by atoms with Gasteiger partial charge in [0.1, 0.15) is 0 Å². The number of carbonyl (C=O) groups excluding carboxylic acids is 1. The molecule has 0 spiro atoms. The quantitative estimate of drug-likeness (QED) is 0.516. The fourth-order valence-electron chi connectivity index (χ4n) is 6.72. The van der Waals surface area contributed by atoms with Crippen LogP contribution in [0.25, 0.3) is 0 Å². The normalized spacial score (nSPS) is 41.5. The molecule has 5 atom stereocenters. The molecular weight excluding hydrogens is 388 g/mol. The van der Waals surface area contributed by atoms with Gasteiger partial charge in [0.25, 0.3) is 0 Å². The van der Waals surface area contributed by atoms with Gasteiger partial charge in [0.15, 0.2) is 0 Å². The van der Waals surface area contributed by atoms with Gasteiger partial charge in [-0.15, -0.1) is 0 Å². The second kappa shape index (κ2) is 10.0. The Balaban J connectivity index is 1.37. The van der Waals surface area contributed by atoms with Crippen LogP contribution in [0, 0.1) is 23.2 Å². The Labute approximate surface area is 187 Å². The van der Waals surface area contributed by atoms with Crippen molar-refractivity contribution in [1.29, 1.82) is 5.26 Å². The Hall–Kier alpha value is -1.42. The van der Waals surface area contributed by atoms with Gasteiger partial charge in [-0.05, 0) is 71.6 Å². The van der Waals surface area contributed by atoms with E-state index in [1.54, 1.807) is 0 Å². The zero-order chi connectivity index (χ0) is 22.0. The fourth-order valence-corrected chi connectivity index (χ4v) is 6.72. The van der Waals surface area contributed by atoms with Crippen molar-refractivity contribution in [3.63, 3.8) is 0 Å². The second-order valence-electron chi connectivity index (χ2n) is 10.2. The molecule has 2 aliphatic heterocycles. The second-order valence-corrected chi connectivity index (χ2v) is 10.2. The van der Waals surface area contributed by atoms with E-state index in [0.29, 0.717) is 42.7 Å². The van der Waals surface area contributed by atoms with Crippen LogP contribution >= 0.6 is 0 Å². The lowest BCUT2D eigenvalue weighted by molar-refractivity contribution is -0.149. The van der Waals surface area contributed by atoms with Crippen molar-refractivity contribution >= 4 is 5.97 Å². The first-order chi connectivity index (χ1) is 15.0. The van der Waals surface area contributed by atoms with Crippen molar-refractivity contribution in [1.82, 2.24) is 15.5 Å². The molecule has 0 aromatic heterocycles. The Bertz CT molecular complexity index is 695. The highest BCUT2D eigenvalue weighted by atomic mass is 16.5. The molecule has 0 radical (unpaired) electrons. The number of hydrogen-bond donors (Lipinski definition) is 2. The third kappa shape index (κ3) is 4.84. The molecule has 6 heteroatoms. The molecule has 4 aliphatic rings. The number of hydrogen-bond acceptors (Lipinski definition) is 6. The molecule has 5 unspecified atom stereocenters. The van der Waals surface area contributed by atoms with Crippen LogP contribution in [0.2, 0.25) is 0 Å². The lowest BCUT2D eigenvalue weighted by atomic mass is 9.84. The van der Waals surface area contributed by atoms with Crippen LogP contribution in [0.1, 0.15) is 78.6 Å². The van der Waals surface area contributed by atoms with Crippen LogP contribution in [0.5, 0.6) is 0 Å². The standard InChI is InChI=1S/C25H40N4O2/c1-4-31-25(30)18-9-11-21(12-10-18)29-16(2)13-19(17(29)3)14-20(15-26)24-27-22-7-5-6-8-23(22)28-24/h14,16-19,21-24,27-28H,4-13H2,1-3H3/b20-14+. The number of nitrogens with one attached hydrogen (secondary N) is 2. The maximum Gasteiger partial charge on any atom is 0.308 e. The van der Waals surface area contributed by atoms with Crippen molar-refractivity contribution in [2.75, 3.05) is 6.61 Å². The summed E-state index contributed by atoms with van der Waals surface area (Å²) in [4.78, 5) is 14.8. The molecule has 2 saturated carbocycles. The maximum absolute atomic E-state index is 12.1. The minimum atomic E-state index is -0.0138. The summed E-state index contributed by atoms with van der Waals surface area (Å²) in [7, 11) is 0. The first kappa shape index (κ1) is 22.8. The first-order valence-electron chi connectivity index (χ1n) is 12.6. The molecule has 0 aromatic carbocycles. The Kier molecular flexibility index (Phi) is 7.36. The lowest BCUT2D eigenvalue weighted by Gasteiger charge is -2.39. The van der Waals surface area contributed by atoms with Gasteiger partial charge in [-0.25, -0.2) is 0 Å². The summed E-state index contributed by atoms with van der Waals surface area (Å²) >= 11 is 0. The number of likely N-dealkylation sites (tertiary alicyclic amines) is 1. The van der Waals surface area contributed by atoms with Crippen molar-refractivity contribution in [2.24, 2.45) is 11.8 Å². The summed E-state index contributed by atoms with van der Waals surface area (Å²) in [6, 6.07) is 5.00. The average Bonchev–Trinajstić information content (AvgIpc) is 3.32. The molecule has 172 valence electrons. The molecular formula is C25H40N4O2. The number of rotatable bonds is 5. The van der Waals surface area contributed by atoms with E-state index in [4.69, 9.17) is 4.74 Å². The summed E-state index contributed by atoms with van der Waals surface area (Å²) in [5.74, 6) is 0.465. The average molecular weight is 429 g/mol. The molecule has 4 fully saturated rings. The van der Waals surface area contributed by atoms with Crippen LogP contribution in [0.4, 0.5) is 0 Å². The first-order valence-corrected chi connectivity index (χ1v) is 12.6.